The highest BCUT2D eigenvalue weighted by molar-refractivity contribution is 5.92. The van der Waals surface area contributed by atoms with Crippen molar-refractivity contribution < 1.29 is 4.79 Å². The van der Waals surface area contributed by atoms with Gasteiger partial charge in [0.25, 0.3) is 5.91 Å². The van der Waals surface area contributed by atoms with Gasteiger partial charge in [-0.1, -0.05) is 20.8 Å². The zero-order valence-corrected chi connectivity index (χ0v) is 11.8. The summed E-state index contributed by atoms with van der Waals surface area (Å²) >= 11 is 0. The number of aromatic nitrogens is 2. The van der Waals surface area contributed by atoms with Gasteiger partial charge in [0.05, 0.1) is 0 Å². The first kappa shape index (κ1) is 14.7. The lowest BCUT2D eigenvalue weighted by Gasteiger charge is -2.31. The van der Waals surface area contributed by atoms with Crippen LogP contribution in [-0.2, 0) is 7.05 Å². The van der Waals surface area contributed by atoms with E-state index in [4.69, 9.17) is 5.73 Å². The molecule has 1 rings (SSSR count). The third kappa shape index (κ3) is 3.84. The molecular formula is C13H24N4O. The van der Waals surface area contributed by atoms with E-state index < -0.39 is 0 Å². The summed E-state index contributed by atoms with van der Waals surface area (Å²) in [4.78, 5) is 14.2. The quantitative estimate of drug-likeness (QED) is 0.829. The summed E-state index contributed by atoms with van der Waals surface area (Å²) in [5.74, 6) is -0.0148. The first-order valence-corrected chi connectivity index (χ1v) is 6.38. The van der Waals surface area contributed by atoms with E-state index in [9.17, 15) is 4.79 Å². The van der Waals surface area contributed by atoms with E-state index >= 15 is 0 Å². The number of aryl methyl sites for hydroxylation is 1. The smallest absolute Gasteiger partial charge is 0.274 e. The second kappa shape index (κ2) is 6.00. The number of nitrogens with two attached hydrogens (primary N) is 1. The van der Waals surface area contributed by atoms with E-state index in [1.807, 2.05) is 11.9 Å². The van der Waals surface area contributed by atoms with E-state index in [0.29, 0.717) is 18.8 Å². The van der Waals surface area contributed by atoms with Crippen LogP contribution in [0.4, 0.5) is 0 Å². The van der Waals surface area contributed by atoms with E-state index in [0.717, 1.165) is 13.0 Å². The third-order valence-corrected chi connectivity index (χ3v) is 2.88. The van der Waals surface area contributed by atoms with Gasteiger partial charge < -0.3 is 10.6 Å². The Balaban J connectivity index is 2.81. The first-order chi connectivity index (χ1) is 8.39. The minimum Gasteiger partial charge on any atom is -0.337 e. The molecule has 0 saturated heterocycles. The van der Waals surface area contributed by atoms with E-state index in [1.54, 1.807) is 16.9 Å². The summed E-state index contributed by atoms with van der Waals surface area (Å²) in [6, 6.07) is 1.75. The molecule has 0 saturated carbocycles. The highest BCUT2D eigenvalue weighted by Gasteiger charge is 2.25. The molecule has 0 spiro atoms. The number of hydrogen-bond donors (Lipinski definition) is 1. The number of carbonyl (C=O) groups is 1. The Morgan fingerprint density at radius 1 is 1.56 bits per heavy atom. The van der Waals surface area contributed by atoms with Crippen molar-refractivity contribution in [1.29, 1.82) is 0 Å². The van der Waals surface area contributed by atoms with Crippen LogP contribution in [0.1, 0.15) is 37.7 Å². The Hall–Kier alpha value is -1.36. The van der Waals surface area contributed by atoms with Gasteiger partial charge in [0.1, 0.15) is 5.69 Å². The number of hydrogen-bond acceptors (Lipinski definition) is 3. The number of rotatable bonds is 6. The first-order valence-electron chi connectivity index (χ1n) is 6.38. The number of amides is 1. The molecule has 0 bridgehead atoms. The van der Waals surface area contributed by atoms with Crippen LogP contribution in [0.15, 0.2) is 12.3 Å². The van der Waals surface area contributed by atoms with Gasteiger partial charge in [0, 0.05) is 26.3 Å². The lowest BCUT2D eigenvalue weighted by atomic mass is 9.93. The van der Waals surface area contributed by atoms with Gasteiger partial charge in [-0.15, -0.1) is 0 Å². The molecule has 0 aromatic carbocycles. The molecule has 18 heavy (non-hydrogen) atoms. The fraction of sp³-hybridized carbons (Fsp3) is 0.692. The number of carbonyl (C=O) groups excluding carboxylic acids is 1. The van der Waals surface area contributed by atoms with Gasteiger partial charge in [-0.3, -0.25) is 9.48 Å². The van der Waals surface area contributed by atoms with Crippen LogP contribution in [0.2, 0.25) is 0 Å². The maximum Gasteiger partial charge on any atom is 0.274 e. The van der Waals surface area contributed by atoms with Crippen molar-refractivity contribution in [3.8, 4) is 0 Å². The molecule has 0 radical (unpaired) electrons. The molecule has 0 unspecified atom stereocenters. The lowest BCUT2D eigenvalue weighted by molar-refractivity contribution is 0.0683. The second-order valence-corrected chi connectivity index (χ2v) is 5.47. The Labute approximate surface area is 109 Å². The summed E-state index contributed by atoms with van der Waals surface area (Å²) in [5, 5.41) is 4.16. The van der Waals surface area contributed by atoms with Gasteiger partial charge >= 0.3 is 0 Å². The minimum absolute atomic E-state index is 0.0148. The summed E-state index contributed by atoms with van der Waals surface area (Å²) in [5.41, 5.74) is 6.17. The zero-order valence-electron chi connectivity index (χ0n) is 11.8. The summed E-state index contributed by atoms with van der Waals surface area (Å²) in [6.45, 7) is 8.16. The van der Waals surface area contributed by atoms with Gasteiger partial charge in [-0.25, -0.2) is 0 Å². The van der Waals surface area contributed by atoms with Crippen molar-refractivity contribution >= 4 is 5.91 Å². The third-order valence-electron chi connectivity index (χ3n) is 2.88. The van der Waals surface area contributed by atoms with E-state index in [-0.39, 0.29) is 11.3 Å². The largest absolute Gasteiger partial charge is 0.337 e. The maximum absolute atomic E-state index is 12.4. The fourth-order valence-electron chi connectivity index (χ4n) is 1.79. The molecule has 1 aromatic heterocycles. The van der Waals surface area contributed by atoms with Crippen LogP contribution in [0.5, 0.6) is 0 Å². The summed E-state index contributed by atoms with van der Waals surface area (Å²) in [6.07, 6.45) is 2.71. The van der Waals surface area contributed by atoms with Gasteiger partial charge in [-0.05, 0) is 24.4 Å². The van der Waals surface area contributed by atoms with E-state index in [1.165, 1.54) is 0 Å². The summed E-state index contributed by atoms with van der Waals surface area (Å²) < 4.78 is 1.64. The Morgan fingerprint density at radius 2 is 2.22 bits per heavy atom. The van der Waals surface area contributed by atoms with Crippen molar-refractivity contribution in [3.63, 3.8) is 0 Å². The molecule has 0 fully saturated rings. The molecular weight excluding hydrogens is 228 g/mol. The second-order valence-electron chi connectivity index (χ2n) is 5.47. The van der Waals surface area contributed by atoms with E-state index in [2.05, 4.69) is 25.9 Å². The average molecular weight is 252 g/mol. The lowest BCUT2D eigenvalue weighted by Crippen LogP contribution is -2.42. The molecule has 0 aliphatic rings. The molecule has 0 aliphatic heterocycles. The van der Waals surface area contributed by atoms with Crippen molar-refractivity contribution in [2.45, 2.75) is 27.2 Å². The maximum atomic E-state index is 12.4. The molecule has 102 valence electrons. The van der Waals surface area contributed by atoms with Crippen molar-refractivity contribution in [2.75, 3.05) is 19.6 Å². The normalized spacial score (nSPS) is 11.6. The van der Waals surface area contributed by atoms with Gasteiger partial charge in [-0.2, -0.15) is 5.10 Å². The highest BCUT2D eigenvalue weighted by Crippen LogP contribution is 2.16. The number of nitrogens with zero attached hydrogens (tertiary/aromatic N) is 3. The molecule has 5 nitrogen and oxygen atoms in total. The topological polar surface area (TPSA) is 64.2 Å². The highest BCUT2D eigenvalue weighted by atomic mass is 16.2. The predicted octanol–water partition coefficient (Wildman–Crippen LogP) is 1.26. The minimum atomic E-state index is -0.0698. The molecule has 5 heteroatoms. The van der Waals surface area contributed by atoms with Crippen molar-refractivity contribution in [3.05, 3.63) is 18.0 Å². The molecule has 2 N–H and O–H groups in total. The molecule has 0 aliphatic carbocycles. The molecule has 1 aromatic rings. The zero-order chi connectivity index (χ0) is 13.8. The van der Waals surface area contributed by atoms with Crippen LogP contribution in [0, 0.1) is 5.41 Å². The fourth-order valence-corrected chi connectivity index (χ4v) is 1.79. The van der Waals surface area contributed by atoms with Crippen molar-refractivity contribution in [2.24, 2.45) is 18.2 Å². The standard InChI is InChI=1S/C13H24N4O/c1-5-7-17(10-13(2,3)9-14)12(18)11-6-8-16(4)15-11/h6,8H,5,7,9-10,14H2,1-4H3. The Morgan fingerprint density at radius 3 is 2.67 bits per heavy atom. The van der Waals surface area contributed by atoms with Crippen LogP contribution < -0.4 is 5.73 Å². The van der Waals surface area contributed by atoms with Crippen LogP contribution >= 0.6 is 0 Å². The van der Waals surface area contributed by atoms with Crippen molar-refractivity contribution in [1.82, 2.24) is 14.7 Å². The summed E-state index contributed by atoms with van der Waals surface area (Å²) in [7, 11) is 1.81. The van der Waals surface area contributed by atoms with Crippen LogP contribution in [0.25, 0.3) is 0 Å². The molecule has 0 atom stereocenters. The molecule has 1 amide bonds. The van der Waals surface area contributed by atoms with Crippen LogP contribution in [-0.4, -0.2) is 40.2 Å². The van der Waals surface area contributed by atoms with Gasteiger partial charge in [0.15, 0.2) is 0 Å². The van der Waals surface area contributed by atoms with Crippen LogP contribution in [0.3, 0.4) is 0 Å². The van der Waals surface area contributed by atoms with Gasteiger partial charge in [0.2, 0.25) is 0 Å². The average Bonchev–Trinajstić information content (AvgIpc) is 2.74. The SMILES string of the molecule is CCCN(CC(C)(C)CN)C(=O)c1ccn(C)n1. The Bertz CT molecular complexity index is 397. The monoisotopic (exact) mass is 252 g/mol. The molecule has 1 heterocycles. The Kier molecular flexibility index (Phi) is 4.90. The predicted molar refractivity (Wildman–Crippen MR) is 72.2 cm³/mol.